The van der Waals surface area contributed by atoms with Gasteiger partial charge in [-0.15, -0.1) is 0 Å². The summed E-state index contributed by atoms with van der Waals surface area (Å²) >= 11 is 0. The molecule has 1 aromatic carbocycles. The van der Waals surface area contributed by atoms with E-state index in [1.807, 2.05) is 20.8 Å². The Morgan fingerprint density at radius 1 is 1.09 bits per heavy atom. The minimum atomic E-state index is -0.996. The third kappa shape index (κ3) is 6.74. The second kappa shape index (κ2) is 12.9. The van der Waals surface area contributed by atoms with Gasteiger partial charge in [0.05, 0.1) is 24.6 Å². The van der Waals surface area contributed by atoms with Crippen LogP contribution in [0.1, 0.15) is 73.1 Å². The van der Waals surface area contributed by atoms with E-state index in [1.54, 1.807) is 6.07 Å². The van der Waals surface area contributed by atoms with Gasteiger partial charge >= 0.3 is 12.1 Å². The maximum atomic E-state index is 14.2. The van der Waals surface area contributed by atoms with Crippen LogP contribution in [0.25, 0.3) is 10.9 Å². The second-order valence-corrected chi connectivity index (χ2v) is 14.0. The Morgan fingerprint density at radius 3 is 2.56 bits per heavy atom. The molecule has 0 spiro atoms. The van der Waals surface area contributed by atoms with Crippen LogP contribution in [0.3, 0.4) is 0 Å². The fraction of sp³-hybridized carbons (Fsp3) is 0.667. The van der Waals surface area contributed by atoms with Gasteiger partial charge in [0.15, 0.2) is 0 Å². The summed E-state index contributed by atoms with van der Waals surface area (Å²) in [5.41, 5.74) is -0.717. The number of alkyl carbamates (subject to hydrolysis) is 1. The molecule has 1 saturated heterocycles. The Balaban J connectivity index is 1.54. The third-order valence-corrected chi connectivity index (χ3v) is 9.90. The van der Waals surface area contributed by atoms with Crippen LogP contribution in [0.5, 0.6) is 11.8 Å². The van der Waals surface area contributed by atoms with Crippen molar-refractivity contribution >= 4 is 28.9 Å². The summed E-state index contributed by atoms with van der Waals surface area (Å²) < 4.78 is 18.9. The zero-order valence-electron chi connectivity index (χ0n) is 27.1. The molecular weight excluding hydrogens is 580 g/mol. The topological polar surface area (TPSA) is 149 Å². The van der Waals surface area contributed by atoms with Crippen LogP contribution in [0.15, 0.2) is 23.0 Å². The minimum absolute atomic E-state index is 0.00951. The van der Waals surface area contributed by atoms with E-state index in [-0.39, 0.29) is 47.8 Å². The number of phenols is 1. The number of carbonyl (C=O) groups excluding carboxylic acids is 3. The minimum Gasteiger partial charge on any atom is -0.508 e. The molecule has 2 aromatic rings. The van der Waals surface area contributed by atoms with E-state index in [2.05, 4.69) is 24.1 Å². The lowest BCUT2D eigenvalue weighted by Gasteiger charge is -2.35. The van der Waals surface area contributed by atoms with Gasteiger partial charge in [-0.3, -0.25) is 14.2 Å². The first-order valence-corrected chi connectivity index (χ1v) is 16.0. The molecule has 2 N–H and O–H groups in total. The first-order chi connectivity index (χ1) is 21.3. The Morgan fingerprint density at radius 2 is 1.84 bits per heavy atom. The van der Waals surface area contributed by atoms with Gasteiger partial charge in [-0.05, 0) is 54.6 Å². The average molecular weight is 627 g/mol. The first-order valence-electron chi connectivity index (χ1n) is 16.0. The van der Waals surface area contributed by atoms with E-state index in [1.165, 1.54) is 28.7 Å². The summed E-state index contributed by atoms with van der Waals surface area (Å²) in [4.78, 5) is 60.1. The van der Waals surface area contributed by atoms with Gasteiger partial charge in [0.2, 0.25) is 5.91 Å². The first kappa shape index (κ1) is 32.6. The van der Waals surface area contributed by atoms with Crippen LogP contribution in [-0.4, -0.2) is 75.5 Å². The fourth-order valence-electron chi connectivity index (χ4n) is 7.14. The normalized spacial score (nSPS) is 29.9. The molecule has 7 atom stereocenters. The Labute approximate surface area is 263 Å². The van der Waals surface area contributed by atoms with Crippen LogP contribution in [0.4, 0.5) is 4.79 Å². The molecule has 2 amide bonds. The maximum absolute atomic E-state index is 14.2. The average Bonchev–Trinajstić information content (AvgIpc) is 3.51. The Kier molecular flexibility index (Phi) is 9.32. The molecule has 1 saturated carbocycles. The lowest BCUT2D eigenvalue weighted by atomic mass is 9.85. The standard InChI is InChI=1S/C33H46N4O8/c1-18-14-26-22(19(18)2)10-8-7-9-13-36-28(39)23-12-11-20(38)15-24(23)34-31(36)44-21-16-25(30(41)43-6)37(17-21)29(40)27(33(3,4)5)35-32(42)45-26/h11-12,15,18-19,21-22,25-27,38H,7-10,13-14,16-17H2,1-6H3,(H,35,42)/t18-,19-,21+,22+,25-,26+,27+/m0/s1. The van der Waals surface area contributed by atoms with Crippen molar-refractivity contribution in [1.29, 1.82) is 0 Å². The highest BCUT2D eigenvalue weighted by Gasteiger charge is 2.47. The van der Waals surface area contributed by atoms with E-state index in [0.717, 1.165) is 25.7 Å². The molecule has 0 unspecified atom stereocenters. The van der Waals surface area contributed by atoms with Crippen molar-refractivity contribution in [3.05, 3.63) is 28.6 Å². The van der Waals surface area contributed by atoms with Crippen LogP contribution in [-0.2, 0) is 25.6 Å². The summed E-state index contributed by atoms with van der Waals surface area (Å²) in [5.74, 6) is -0.184. The highest BCUT2D eigenvalue weighted by molar-refractivity contribution is 5.91. The molecule has 2 aliphatic heterocycles. The smallest absolute Gasteiger partial charge is 0.408 e. The molecule has 2 fully saturated rings. The molecule has 12 nitrogen and oxygen atoms in total. The van der Waals surface area contributed by atoms with Crippen LogP contribution >= 0.6 is 0 Å². The number of phenolic OH excluding ortho intramolecular Hbond substituents is 1. The largest absolute Gasteiger partial charge is 0.508 e. The number of carbonyl (C=O) groups is 3. The van der Waals surface area contributed by atoms with Gasteiger partial charge in [0.25, 0.3) is 11.6 Å². The summed E-state index contributed by atoms with van der Waals surface area (Å²) in [6, 6.07) is 2.51. The van der Waals surface area contributed by atoms with Crippen molar-refractivity contribution in [3.63, 3.8) is 0 Å². The Bertz CT molecular complexity index is 1500. The summed E-state index contributed by atoms with van der Waals surface area (Å²) in [6.45, 7) is 10.3. The monoisotopic (exact) mass is 626 g/mol. The van der Waals surface area contributed by atoms with Crippen molar-refractivity contribution in [1.82, 2.24) is 19.8 Å². The maximum Gasteiger partial charge on any atom is 0.408 e. The zero-order chi connectivity index (χ0) is 32.6. The van der Waals surface area contributed by atoms with Crippen molar-refractivity contribution in [2.45, 2.75) is 104 Å². The van der Waals surface area contributed by atoms with E-state index in [4.69, 9.17) is 14.2 Å². The molecule has 1 aromatic heterocycles. The van der Waals surface area contributed by atoms with Crippen LogP contribution in [0.2, 0.25) is 0 Å². The molecule has 3 heterocycles. The number of ether oxygens (including phenoxy) is 3. The Hall–Kier alpha value is -3.83. The van der Waals surface area contributed by atoms with Gasteiger partial charge in [0.1, 0.15) is 30.0 Å². The summed E-state index contributed by atoms with van der Waals surface area (Å²) in [6.07, 6.45) is 2.55. The number of benzene rings is 1. The number of hydrogen-bond donors (Lipinski definition) is 2. The third-order valence-electron chi connectivity index (χ3n) is 9.90. The molecule has 12 heteroatoms. The number of rotatable bonds is 1. The van der Waals surface area contributed by atoms with Gasteiger partial charge in [0, 0.05) is 19.0 Å². The van der Waals surface area contributed by atoms with E-state index in [0.29, 0.717) is 30.2 Å². The molecule has 45 heavy (non-hydrogen) atoms. The molecular formula is C33H46N4O8. The van der Waals surface area contributed by atoms with Gasteiger partial charge in [-0.2, -0.15) is 4.98 Å². The number of amides is 2. The molecule has 3 aliphatic rings. The van der Waals surface area contributed by atoms with Crippen molar-refractivity contribution < 1.29 is 33.7 Å². The van der Waals surface area contributed by atoms with E-state index >= 15 is 0 Å². The lowest BCUT2D eigenvalue weighted by molar-refractivity contribution is -0.152. The number of hydrogen-bond acceptors (Lipinski definition) is 9. The van der Waals surface area contributed by atoms with Gasteiger partial charge in [-0.25, -0.2) is 9.59 Å². The number of aromatic nitrogens is 2. The van der Waals surface area contributed by atoms with Crippen molar-refractivity contribution in [3.8, 4) is 11.8 Å². The molecule has 1 aliphatic carbocycles. The summed E-state index contributed by atoms with van der Waals surface area (Å²) in [5, 5.41) is 13.3. The van der Waals surface area contributed by atoms with Crippen LogP contribution < -0.4 is 15.6 Å². The number of nitrogens with one attached hydrogen (secondary N) is 1. The van der Waals surface area contributed by atoms with Crippen LogP contribution in [0, 0.1) is 23.2 Å². The number of aromatic hydroxyl groups is 1. The number of nitrogens with zero attached hydrogens (tertiary/aromatic N) is 3. The highest BCUT2D eigenvalue weighted by Crippen LogP contribution is 2.41. The lowest BCUT2D eigenvalue weighted by Crippen LogP contribution is -2.57. The zero-order valence-corrected chi connectivity index (χ0v) is 27.1. The van der Waals surface area contributed by atoms with Gasteiger partial charge in [-0.1, -0.05) is 47.5 Å². The molecule has 0 radical (unpaired) electrons. The SMILES string of the molecule is COC(=O)[C@@H]1C[C@@H]2CN1C(=O)[C@H](C(C)(C)C)NC(=O)O[C@@H]1C[C@H](C)[C@H](C)[C@H]1CCCCCn1c(nc3cc(O)ccc3c1=O)O2. The fourth-order valence-corrected chi connectivity index (χ4v) is 7.14. The van der Waals surface area contributed by atoms with E-state index < -0.39 is 41.6 Å². The number of methoxy groups -OCH3 is 1. The van der Waals surface area contributed by atoms with Crippen molar-refractivity contribution in [2.75, 3.05) is 13.7 Å². The molecule has 2 bridgehead atoms. The molecule has 246 valence electrons. The quantitative estimate of drug-likeness (QED) is 0.448. The second-order valence-electron chi connectivity index (χ2n) is 14.0. The number of esters is 1. The molecule has 5 rings (SSSR count). The predicted octanol–water partition coefficient (Wildman–Crippen LogP) is 4.00. The van der Waals surface area contributed by atoms with Crippen molar-refractivity contribution in [2.24, 2.45) is 23.2 Å². The summed E-state index contributed by atoms with van der Waals surface area (Å²) in [7, 11) is 1.26. The van der Waals surface area contributed by atoms with Gasteiger partial charge < -0.3 is 29.5 Å². The predicted molar refractivity (Wildman–Crippen MR) is 166 cm³/mol. The highest BCUT2D eigenvalue weighted by atomic mass is 16.6. The number of fused-ring (bicyclic) bond motifs is 5. The van der Waals surface area contributed by atoms with E-state index in [9.17, 15) is 24.3 Å².